The number of hydrogen-bond donors (Lipinski definition) is 1. The first-order chi connectivity index (χ1) is 12.4. The number of aromatic nitrogens is 3. The van der Waals surface area contributed by atoms with Crippen LogP contribution in [0.1, 0.15) is 23.2 Å². The Labute approximate surface area is 150 Å². The number of carbonyl (C=O) groups is 3. The first-order valence-electron chi connectivity index (χ1n) is 8.42. The third-order valence-corrected chi connectivity index (χ3v) is 4.77. The van der Waals surface area contributed by atoms with E-state index in [0.29, 0.717) is 37.0 Å². The van der Waals surface area contributed by atoms with Gasteiger partial charge in [0.15, 0.2) is 0 Å². The number of carboxylic acids is 1. The molecule has 3 rings (SSSR count). The van der Waals surface area contributed by atoms with Crippen LogP contribution < -0.4 is 0 Å². The fraction of sp³-hybridized carbons (Fsp3) is 0.471. The number of carboxylic acid groups (broad SMARTS) is 1. The van der Waals surface area contributed by atoms with Crippen LogP contribution in [0.4, 0.5) is 0 Å². The number of carbonyl (C=O) groups excluding carboxylic acids is 2. The molecule has 9 heteroatoms. The van der Waals surface area contributed by atoms with Crippen LogP contribution in [0.3, 0.4) is 0 Å². The Kier molecular flexibility index (Phi) is 4.88. The number of likely N-dealkylation sites (tertiary alicyclic amines) is 1. The van der Waals surface area contributed by atoms with Crippen molar-refractivity contribution in [2.45, 2.75) is 12.8 Å². The van der Waals surface area contributed by atoms with Gasteiger partial charge in [0, 0.05) is 32.7 Å². The SMILES string of the molecule is CN(CC(=O)N1CCC(C(=O)O)CC1)C(=O)c1ccc2c(c1)nnn2C. The van der Waals surface area contributed by atoms with Crippen molar-refractivity contribution in [1.82, 2.24) is 24.8 Å². The standard InChI is InChI=1S/C17H21N5O4/c1-20(10-15(23)22-7-5-11(6-8-22)17(25)26)16(24)12-3-4-14-13(9-12)18-19-21(14)2/h3-4,9,11H,5-8,10H2,1-2H3,(H,25,26). The zero-order valence-corrected chi connectivity index (χ0v) is 14.8. The molecule has 2 amide bonds. The van der Waals surface area contributed by atoms with Crippen LogP contribution in [0.15, 0.2) is 18.2 Å². The van der Waals surface area contributed by atoms with E-state index in [4.69, 9.17) is 5.11 Å². The zero-order chi connectivity index (χ0) is 18.8. The molecule has 138 valence electrons. The molecule has 0 saturated carbocycles. The number of aryl methyl sites for hydroxylation is 1. The second-order valence-corrected chi connectivity index (χ2v) is 6.57. The van der Waals surface area contributed by atoms with Crippen molar-refractivity contribution in [3.05, 3.63) is 23.8 Å². The number of piperidine rings is 1. The van der Waals surface area contributed by atoms with Crippen LogP contribution in [-0.4, -0.2) is 74.4 Å². The molecule has 2 heterocycles. The molecule has 0 radical (unpaired) electrons. The average molecular weight is 359 g/mol. The summed E-state index contributed by atoms with van der Waals surface area (Å²) in [7, 11) is 3.35. The highest BCUT2D eigenvalue weighted by Gasteiger charge is 2.28. The first kappa shape index (κ1) is 17.8. The second kappa shape index (κ2) is 7.11. The van der Waals surface area contributed by atoms with Crippen LogP contribution in [0, 0.1) is 5.92 Å². The number of likely N-dealkylation sites (N-methyl/N-ethyl adjacent to an activating group) is 1. The highest BCUT2D eigenvalue weighted by molar-refractivity contribution is 5.98. The van der Waals surface area contributed by atoms with E-state index in [0.717, 1.165) is 5.52 Å². The predicted octanol–water partition coefficient (Wildman–Crippen LogP) is 0.364. The molecule has 1 saturated heterocycles. The molecule has 0 spiro atoms. The quantitative estimate of drug-likeness (QED) is 0.844. The van der Waals surface area contributed by atoms with E-state index in [1.807, 2.05) is 0 Å². The second-order valence-electron chi connectivity index (χ2n) is 6.57. The van der Waals surface area contributed by atoms with Gasteiger partial charge in [-0.25, -0.2) is 4.68 Å². The molecule has 9 nitrogen and oxygen atoms in total. The van der Waals surface area contributed by atoms with Gasteiger partial charge >= 0.3 is 5.97 Å². The molecule has 1 aromatic heterocycles. The van der Waals surface area contributed by atoms with Crippen LogP contribution in [0.5, 0.6) is 0 Å². The van der Waals surface area contributed by atoms with E-state index in [1.165, 1.54) is 4.90 Å². The Morgan fingerprint density at radius 3 is 2.62 bits per heavy atom. The molecule has 1 fully saturated rings. The third kappa shape index (κ3) is 3.51. The van der Waals surface area contributed by atoms with Crippen molar-refractivity contribution in [1.29, 1.82) is 0 Å². The molecule has 1 aliphatic heterocycles. The smallest absolute Gasteiger partial charge is 0.306 e. The number of rotatable bonds is 4. The summed E-state index contributed by atoms with van der Waals surface area (Å²) < 4.78 is 1.62. The predicted molar refractivity (Wildman–Crippen MR) is 92.4 cm³/mol. The van der Waals surface area contributed by atoms with E-state index in [-0.39, 0.29) is 18.4 Å². The highest BCUT2D eigenvalue weighted by Crippen LogP contribution is 2.18. The minimum atomic E-state index is -0.816. The van der Waals surface area contributed by atoms with Gasteiger partial charge in [-0.15, -0.1) is 5.10 Å². The van der Waals surface area contributed by atoms with E-state index >= 15 is 0 Å². The summed E-state index contributed by atoms with van der Waals surface area (Å²) >= 11 is 0. The molecular formula is C17H21N5O4. The summed E-state index contributed by atoms with van der Waals surface area (Å²) in [5.74, 6) is -1.66. The Hall–Kier alpha value is -2.97. The summed E-state index contributed by atoms with van der Waals surface area (Å²) in [5, 5.41) is 16.9. The zero-order valence-electron chi connectivity index (χ0n) is 14.8. The molecular weight excluding hydrogens is 338 g/mol. The molecule has 26 heavy (non-hydrogen) atoms. The average Bonchev–Trinajstić information content (AvgIpc) is 3.01. The van der Waals surface area contributed by atoms with E-state index in [9.17, 15) is 14.4 Å². The van der Waals surface area contributed by atoms with Gasteiger partial charge in [0.1, 0.15) is 5.52 Å². The van der Waals surface area contributed by atoms with Gasteiger partial charge in [0.2, 0.25) is 5.91 Å². The maximum atomic E-state index is 12.6. The van der Waals surface area contributed by atoms with E-state index < -0.39 is 11.9 Å². The summed E-state index contributed by atoms with van der Waals surface area (Å²) in [6, 6.07) is 5.12. The molecule has 0 atom stereocenters. The lowest BCUT2D eigenvalue weighted by molar-refractivity contribution is -0.145. The van der Waals surface area contributed by atoms with Crippen LogP contribution in [0.2, 0.25) is 0 Å². The van der Waals surface area contributed by atoms with Crippen molar-refractivity contribution >= 4 is 28.8 Å². The third-order valence-electron chi connectivity index (χ3n) is 4.77. The molecule has 1 aliphatic rings. The Bertz CT molecular complexity index is 854. The maximum Gasteiger partial charge on any atom is 0.306 e. The first-order valence-corrected chi connectivity index (χ1v) is 8.42. The van der Waals surface area contributed by atoms with Crippen LogP contribution in [0.25, 0.3) is 11.0 Å². The van der Waals surface area contributed by atoms with Gasteiger partial charge in [-0.1, -0.05) is 5.21 Å². The molecule has 2 aromatic rings. The van der Waals surface area contributed by atoms with Crippen molar-refractivity contribution in [2.24, 2.45) is 13.0 Å². The summed E-state index contributed by atoms with van der Waals surface area (Å²) in [6.07, 6.45) is 0.893. The van der Waals surface area contributed by atoms with Gasteiger partial charge in [0.25, 0.3) is 5.91 Å². The highest BCUT2D eigenvalue weighted by atomic mass is 16.4. The normalized spacial score (nSPS) is 15.2. The fourth-order valence-electron chi connectivity index (χ4n) is 3.14. The van der Waals surface area contributed by atoms with Gasteiger partial charge < -0.3 is 14.9 Å². The number of aliphatic carboxylic acids is 1. The van der Waals surface area contributed by atoms with Gasteiger partial charge in [-0.05, 0) is 31.0 Å². The summed E-state index contributed by atoms with van der Waals surface area (Å²) in [4.78, 5) is 38.9. The van der Waals surface area contributed by atoms with Crippen molar-refractivity contribution in [3.63, 3.8) is 0 Å². The number of nitrogens with zero attached hydrogens (tertiary/aromatic N) is 5. The maximum absolute atomic E-state index is 12.6. The molecule has 0 aliphatic carbocycles. The fourth-order valence-corrected chi connectivity index (χ4v) is 3.14. The lowest BCUT2D eigenvalue weighted by Gasteiger charge is -2.31. The Morgan fingerprint density at radius 2 is 1.96 bits per heavy atom. The minimum Gasteiger partial charge on any atom is -0.481 e. The molecule has 1 aromatic carbocycles. The van der Waals surface area contributed by atoms with Crippen LogP contribution in [-0.2, 0) is 16.6 Å². The number of benzene rings is 1. The minimum absolute atomic E-state index is 0.0466. The van der Waals surface area contributed by atoms with Crippen molar-refractivity contribution in [3.8, 4) is 0 Å². The van der Waals surface area contributed by atoms with Gasteiger partial charge in [0.05, 0.1) is 18.0 Å². The molecule has 0 bridgehead atoms. The number of amides is 2. The summed E-state index contributed by atoms with van der Waals surface area (Å²) in [6.45, 7) is 0.766. The van der Waals surface area contributed by atoms with Crippen LogP contribution >= 0.6 is 0 Å². The molecule has 1 N–H and O–H groups in total. The largest absolute Gasteiger partial charge is 0.481 e. The number of fused-ring (bicyclic) bond motifs is 1. The lowest BCUT2D eigenvalue weighted by atomic mass is 9.97. The number of hydrogen-bond acceptors (Lipinski definition) is 5. The van der Waals surface area contributed by atoms with Crippen molar-refractivity contribution < 1.29 is 19.5 Å². The summed E-state index contributed by atoms with van der Waals surface area (Å²) in [5.41, 5.74) is 1.88. The van der Waals surface area contributed by atoms with Gasteiger partial charge in [-0.2, -0.15) is 0 Å². The molecule has 0 unspecified atom stereocenters. The Balaban J connectivity index is 1.61. The lowest BCUT2D eigenvalue weighted by Crippen LogP contribution is -2.45. The van der Waals surface area contributed by atoms with E-state index in [1.54, 1.807) is 41.9 Å². The topological polar surface area (TPSA) is 109 Å². The van der Waals surface area contributed by atoms with Crippen molar-refractivity contribution in [2.75, 3.05) is 26.7 Å². The monoisotopic (exact) mass is 359 g/mol. The Morgan fingerprint density at radius 1 is 1.27 bits per heavy atom. The van der Waals surface area contributed by atoms with E-state index in [2.05, 4.69) is 10.3 Å². The van der Waals surface area contributed by atoms with Gasteiger partial charge in [-0.3, -0.25) is 14.4 Å².